The Morgan fingerprint density at radius 1 is 1.11 bits per heavy atom. The van der Waals surface area contributed by atoms with E-state index in [1.54, 1.807) is 12.1 Å². The number of hydrazine groups is 1. The summed E-state index contributed by atoms with van der Waals surface area (Å²) in [5, 5.41) is 2.67. The van der Waals surface area contributed by atoms with Gasteiger partial charge in [0.15, 0.2) is 5.75 Å². The van der Waals surface area contributed by atoms with Crippen LogP contribution in [0.2, 0.25) is 5.02 Å². The van der Waals surface area contributed by atoms with Gasteiger partial charge in [-0.15, -0.1) is 0 Å². The zero-order valence-corrected chi connectivity index (χ0v) is 15.5. The third kappa shape index (κ3) is 3.40. The number of ether oxygens (including phenoxy) is 2. The maximum absolute atomic E-state index is 13.9. The summed E-state index contributed by atoms with van der Waals surface area (Å²) in [6.45, 7) is 0.551. The van der Waals surface area contributed by atoms with Crippen molar-refractivity contribution < 1.29 is 23.5 Å². The second kappa shape index (κ2) is 7.79. The molecule has 0 radical (unpaired) electrons. The first kappa shape index (κ1) is 18.9. The highest BCUT2D eigenvalue weighted by Gasteiger charge is 2.36. The number of methoxy groups -OCH3 is 2. The SMILES string of the molecule is COc1ccc(Cl)c(OC)c1C(=O)N1CCCN1C(=O)c1cccnc1F. The van der Waals surface area contributed by atoms with Gasteiger partial charge in [-0.25, -0.2) is 15.0 Å². The summed E-state index contributed by atoms with van der Waals surface area (Å²) < 4.78 is 24.4. The maximum Gasteiger partial charge on any atom is 0.280 e. The first-order valence-corrected chi connectivity index (χ1v) is 8.52. The second-order valence-corrected chi connectivity index (χ2v) is 6.12. The summed E-state index contributed by atoms with van der Waals surface area (Å²) in [5.41, 5.74) is -0.110. The Morgan fingerprint density at radius 2 is 1.81 bits per heavy atom. The lowest BCUT2D eigenvalue weighted by Gasteiger charge is -2.29. The summed E-state index contributed by atoms with van der Waals surface area (Å²) in [4.78, 5) is 29.4. The zero-order valence-electron chi connectivity index (χ0n) is 14.7. The molecular weight excluding hydrogens is 377 g/mol. The minimum Gasteiger partial charge on any atom is -0.496 e. The van der Waals surface area contributed by atoms with Crippen molar-refractivity contribution >= 4 is 23.4 Å². The molecule has 0 atom stereocenters. The molecule has 2 heterocycles. The van der Waals surface area contributed by atoms with Crippen LogP contribution in [-0.4, -0.2) is 54.1 Å². The van der Waals surface area contributed by atoms with Crippen LogP contribution >= 0.6 is 11.6 Å². The number of carbonyl (C=O) groups excluding carboxylic acids is 2. The van der Waals surface area contributed by atoms with Gasteiger partial charge >= 0.3 is 0 Å². The van der Waals surface area contributed by atoms with Gasteiger partial charge in [0.05, 0.1) is 24.8 Å². The molecule has 142 valence electrons. The molecule has 9 heteroatoms. The van der Waals surface area contributed by atoms with Crippen LogP contribution in [0.25, 0.3) is 0 Å². The lowest BCUT2D eigenvalue weighted by Crippen LogP contribution is -2.45. The molecule has 2 aromatic rings. The molecule has 27 heavy (non-hydrogen) atoms. The van der Waals surface area contributed by atoms with Gasteiger partial charge in [0.1, 0.15) is 11.3 Å². The highest BCUT2D eigenvalue weighted by Crippen LogP contribution is 2.37. The lowest BCUT2D eigenvalue weighted by molar-refractivity contribution is 0.0178. The molecule has 1 aliphatic heterocycles. The molecule has 0 saturated carbocycles. The number of nitrogens with zero attached hydrogens (tertiary/aromatic N) is 3. The van der Waals surface area contributed by atoms with Crippen LogP contribution < -0.4 is 9.47 Å². The fourth-order valence-corrected chi connectivity index (χ4v) is 3.19. The highest BCUT2D eigenvalue weighted by atomic mass is 35.5. The van der Waals surface area contributed by atoms with Gasteiger partial charge in [-0.2, -0.15) is 4.39 Å². The van der Waals surface area contributed by atoms with E-state index in [-0.39, 0.29) is 40.7 Å². The summed E-state index contributed by atoms with van der Waals surface area (Å²) >= 11 is 6.14. The van der Waals surface area contributed by atoms with Crippen LogP contribution in [0.4, 0.5) is 4.39 Å². The molecule has 1 aromatic carbocycles. The van der Waals surface area contributed by atoms with E-state index in [4.69, 9.17) is 21.1 Å². The summed E-state index contributed by atoms with van der Waals surface area (Å²) in [5.74, 6) is -1.66. The molecule has 1 aromatic heterocycles. The van der Waals surface area contributed by atoms with Crippen LogP contribution in [-0.2, 0) is 0 Å². The number of benzene rings is 1. The van der Waals surface area contributed by atoms with Gasteiger partial charge in [0.25, 0.3) is 11.8 Å². The van der Waals surface area contributed by atoms with E-state index < -0.39 is 17.8 Å². The van der Waals surface area contributed by atoms with E-state index in [0.29, 0.717) is 6.42 Å². The van der Waals surface area contributed by atoms with Crippen molar-refractivity contribution in [2.24, 2.45) is 0 Å². The molecule has 7 nitrogen and oxygen atoms in total. The second-order valence-electron chi connectivity index (χ2n) is 5.71. The normalized spacial score (nSPS) is 13.6. The maximum atomic E-state index is 13.9. The quantitative estimate of drug-likeness (QED) is 0.747. The Labute approximate surface area is 160 Å². The van der Waals surface area contributed by atoms with Gasteiger partial charge in [-0.1, -0.05) is 11.6 Å². The van der Waals surface area contributed by atoms with Gasteiger partial charge in [0.2, 0.25) is 5.95 Å². The average Bonchev–Trinajstić information content (AvgIpc) is 3.16. The average molecular weight is 394 g/mol. The highest BCUT2D eigenvalue weighted by molar-refractivity contribution is 6.32. The van der Waals surface area contributed by atoms with Crippen molar-refractivity contribution in [3.63, 3.8) is 0 Å². The van der Waals surface area contributed by atoms with Crippen molar-refractivity contribution in [1.29, 1.82) is 0 Å². The van der Waals surface area contributed by atoms with Gasteiger partial charge in [-0.05, 0) is 30.7 Å². The topological polar surface area (TPSA) is 72.0 Å². The lowest BCUT2D eigenvalue weighted by atomic mass is 10.1. The Bertz CT molecular complexity index is 893. The molecule has 0 unspecified atom stereocenters. The van der Waals surface area contributed by atoms with Gasteiger partial charge < -0.3 is 9.47 Å². The smallest absolute Gasteiger partial charge is 0.280 e. The third-order valence-electron chi connectivity index (χ3n) is 4.20. The number of pyridine rings is 1. The number of carbonyl (C=O) groups is 2. The minimum absolute atomic E-state index is 0.0962. The number of hydrogen-bond acceptors (Lipinski definition) is 5. The van der Waals surface area contributed by atoms with Crippen molar-refractivity contribution in [2.75, 3.05) is 27.3 Å². The molecular formula is C18H17ClFN3O4. The number of amides is 2. The van der Waals surface area contributed by atoms with E-state index in [9.17, 15) is 14.0 Å². The molecule has 0 N–H and O–H groups in total. The summed E-state index contributed by atoms with van der Waals surface area (Å²) in [6, 6.07) is 5.88. The molecule has 2 amide bonds. The molecule has 1 fully saturated rings. The van der Waals surface area contributed by atoms with Crippen molar-refractivity contribution in [1.82, 2.24) is 15.0 Å². The first-order valence-electron chi connectivity index (χ1n) is 8.14. The predicted molar refractivity (Wildman–Crippen MR) is 95.4 cm³/mol. The molecule has 1 saturated heterocycles. The predicted octanol–water partition coefficient (Wildman–Crippen LogP) is 2.79. The standard InChI is InChI=1S/C18H17ClFN3O4/c1-26-13-7-6-12(19)15(27-2)14(13)18(25)23-10-4-9-22(23)17(24)11-5-3-8-21-16(11)20/h3,5-8H,4,9-10H2,1-2H3. The van der Waals surface area contributed by atoms with Crippen LogP contribution in [0.1, 0.15) is 27.1 Å². The van der Waals surface area contributed by atoms with E-state index in [1.165, 1.54) is 42.6 Å². The number of aromatic nitrogens is 1. The van der Waals surface area contributed by atoms with E-state index in [1.807, 2.05) is 0 Å². The Hall–Kier alpha value is -2.87. The first-order chi connectivity index (χ1) is 13.0. The monoisotopic (exact) mass is 393 g/mol. The largest absolute Gasteiger partial charge is 0.496 e. The number of halogens is 2. The number of hydrogen-bond donors (Lipinski definition) is 0. The Balaban J connectivity index is 1.99. The fraction of sp³-hybridized carbons (Fsp3) is 0.278. The molecule has 0 aliphatic carbocycles. The van der Waals surface area contributed by atoms with Crippen molar-refractivity contribution in [3.05, 3.63) is 52.6 Å². The number of rotatable bonds is 4. The van der Waals surface area contributed by atoms with Crippen LogP contribution in [0, 0.1) is 5.95 Å². The third-order valence-corrected chi connectivity index (χ3v) is 4.50. The van der Waals surface area contributed by atoms with Crippen molar-refractivity contribution in [2.45, 2.75) is 6.42 Å². The van der Waals surface area contributed by atoms with E-state index in [0.717, 1.165) is 0 Å². The van der Waals surface area contributed by atoms with E-state index >= 15 is 0 Å². The minimum atomic E-state index is -0.889. The van der Waals surface area contributed by atoms with Crippen LogP contribution in [0.5, 0.6) is 11.5 Å². The Morgan fingerprint density at radius 3 is 2.44 bits per heavy atom. The van der Waals surface area contributed by atoms with E-state index in [2.05, 4.69) is 4.98 Å². The molecule has 1 aliphatic rings. The van der Waals surface area contributed by atoms with Gasteiger partial charge in [0, 0.05) is 19.3 Å². The summed E-state index contributed by atoms with van der Waals surface area (Å²) in [7, 11) is 2.80. The Kier molecular flexibility index (Phi) is 5.46. The molecule has 0 bridgehead atoms. The van der Waals surface area contributed by atoms with Crippen molar-refractivity contribution in [3.8, 4) is 11.5 Å². The van der Waals surface area contributed by atoms with Crippen LogP contribution in [0.15, 0.2) is 30.5 Å². The van der Waals surface area contributed by atoms with Gasteiger partial charge in [-0.3, -0.25) is 9.59 Å². The summed E-state index contributed by atoms with van der Waals surface area (Å²) in [6.07, 6.45) is 1.80. The molecule has 3 rings (SSSR count). The zero-order chi connectivity index (χ0) is 19.6. The van der Waals surface area contributed by atoms with Crippen LogP contribution in [0.3, 0.4) is 0 Å². The fourth-order valence-electron chi connectivity index (χ4n) is 2.96. The molecule has 0 spiro atoms.